The number of rotatable bonds is 2. The van der Waals surface area contributed by atoms with Gasteiger partial charge in [0.2, 0.25) is 0 Å². The Bertz CT molecular complexity index is 830. The SMILES string of the molecule is CC.CC.Cc1ccccc1N1c2ncccc2N(c2ccccc2)C1C. The number of anilines is 4. The van der Waals surface area contributed by atoms with Gasteiger partial charge in [-0.3, -0.25) is 0 Å². The summed E-state index contributed by atoms with van der Waals surface area (Å²) in [6.45, 7) is 12.4. The van der Waals surface area contributed by atoms with Crippen LogP contribution in [0.4, 0.5) is 22.9 Å². The maximum Gasteiger partial charge on any atom is 0.158 e. The number of pyridine rings is 1. The summed E-state index contributed by atoms with van der Waals surface area (Å²) in [7, 11) is 0. The molecule has 0 bridgehead atoms. The molecule has 0 N–H and O–H groups in total. The molecule has 1 aromatic heterocycles. The van der Waals surface area contributed by atoms with E-state index in [1.165, 1.54) is 16.9 Å². The van der Waals surface area contributed by atoms with Crippen molar-refractivity contribution in [3.05, 3.63) is 78.5 Å². The highest BCUT2D eigenvalue weighted by molar-refractivity contribution is 5.86. The molecule has 1 aliphatic heterocycles. The molecule has 2 heterocycles. The van der Waals surface area contributed by atoms with Gasteiger partial charge in [-0.25, -0.2) is 4.98 Å². The van der Waals surface area contributed by atoms with E-state index in [1.54, 1.807) is 0 Å². The summed E-state index contributed by atoms with van der Waals surface area (Å²) in [5.41, 5.74) is 4.80. The highest BCUT2D eigenvalue weighted by atomic mass is 15.4. The first-order chi connectivity index (χ1) is 13.3. The summed E-state index contributed by atoms with van der Waals surface area (Å²) in [6, 6.07) is 23.1. The Labute approximate surface area is 164 Å². The average molecular weight is 362 g/mol. The lowest BCUT2D eigenvalue weighted by atomic mass is 10.2. The zero-order valence-corrected chi connectivity index (χ0v) is 17.3. The van der Waals surface area contributed by atoms with E-state index in [2.05, 4.69) is 83.2 Å². The summed E-state index contributed by atoms with van der Waals surface area (Å²) < 4.78 is 0. The third-order valence-electron chi connectivity index (χ3n) is 4.41. The van der Waals surface area contributed by atoms with Gasteiger partial charge in [-0.05, 0) is 49.7 Å². The Kier molecular flexibility index (Phi) is 7.42. The lowest BCUT2D eigenvalue weighted by Gasteiger charge is -2.30. The van der Waals surface area contributed by atoms with Crippen LogP contribution in [0.25, 0.3) is 0 Å². The quantitative estimate of drug-likeness (QED) is 0.486. The molecule has 0 spiro atoms. The smallest absolute Gasteiger partial charge is 0.158 e. The van der Waals surface area contributed by atoms with Crippen LogP contribution in [0, 0.1) is 6.92 Å². The van der Waals surface area contributed by atoms with Gasteiger partial charge >= 0.3 is 0 Å². The van der Waals surface area contributed by atoms with Crippen molar-refractivity contribution in [1.29, 1.82) is 0 Å². The van der Waals surface area contributed by atoms with Gasteiger partial charge in [0.25, 0.3) is 0 Å². The van der Waals surface area contributed by atoms with Crippen molar-refractivity contribution in [2.24, 2.45) is 0 Å². The summed E-state index contributed by atoms with van der Waals surface area (Å²) in [5, 5.41) is 0. The van der Waals surface area contributed by atoms with Crippen molar-refractivity contribution in [3.8, 4) is 0 Å². The molecule has 0 fully saturated rings. The highest BCUT2D eigenvalue weighted by Crippen LogP contribution is 2.46. The van der Waals surface area contributed by atoms with Crippen LogP contribution in [0.5, 0.6) is 0 Å². The number of benzene rings is 2. The Morgan fingerprint density at radius 1 is 0.704 bits per heavy atom. The van der Waals surface area contributed by atoms with Gasteiger partial charge in [-0.15, -0.1) is 0 Å². The molecule has 1 atom stereocenters. The fourth-order valence-corrected chi connectivity index (χ4v) is 3.35. The first kappa shape index (κ1) is 20.5. The normalized spacial score (nSPS) is 14.5. The van der Waals surface area contributed by atoms with E-state index in [4.69, 9.17) is 0 Å². The summed E-state index contributed by atoms with van der Waals surface area (Å²) >= 11 is 0. The Morgan fingerprint density at radius 3 is 1.96 bits per heavy atom. The molecule has 4 rings (SSSR count). The first-order valence-electron chi connectivity index (χ1n) is 9.91. The minimum absolute atomic E-state index is 0.170. The maximum absolute atomic E-state index is 4.67. The van der Waals surface area contributed by atoms with Crippen molar-refractivity contribution >= 4 is 22.9 Å². The standard InChI is InChI=1S/C20H19N3.2C2H6/c1-15-9-6-7-12-18(15)23-16(2)22(17-10-4-3-5-11-17)19-13-8-14-21-20(19)23;2*1-2/h3-14,16H,1-2H3;2*1-2H3. The molecule has 1 unspecified atom stereocenters. The number of nitrogens with zero attached hydrogens (tertiary/aromatic N) is 3. The van der Waals surface area contributed by atoms with Gasteiger partial charge in [0.1, 0.15) is 6.17 Å². The monoisotopic (exact) mass is 361 g/mol. The van der Waals surface area contributed by atoms with Crippen LogP contribution in [0.2, 0.25) is 0 Å². The second-order valence-corrected chi connectivity index (χ2v) is 5.84. The molecule has 0 radical (unpaired) electrons. The Morgan fingerprint density at radius 2 is 1.30 bits per heavy atom. The van der Waals surface area contributed by atoms with Crippen LogP contribution < -0.4 is 9.80 Å². The largest absolute Gasteiger partial charge is 0.317 e. The van der Waals surface area contributed by atoms with E-state index in [1.807, 2.05) is 46.0 Å². The second-order valence-electron chi connectivity index (χ2n) is 5.84. The summed E-state index contributed by atoms with van der Waals surface area (Å²) in [4.78, 5) is 9.33. The van der Waals surface area contributed by atoms with Crippen LogP contribution in [-0.4, -0.2) is 11.1 Å². The summed E-state index contributed by atoms with van der Waals surface area (Å²) in [5.74, 6) is 1.01. The van der Waals surface area contributed by atoms with Crippen LogP contribution in [0.15, 0.2) is 72.9 Å². The van der Waals surface area contributed by atoms with Crippen LogP contribution in [-0.2, 0) is 0 Å². The molecule has 27 heavy (non-hydrogen) atoms. The number of fused-ring (bicyclic) bond motifs is 1. The first-order valence-corrected chi connectivity index (χ1v) is 9.91. The van der Waals surface area contributed by atoms with E-state index in [0.717, 1.165) is 11.5 Å². The van der Waals surface area contributed by atoms with Crippen LogP contribution >= 0.6 is 0 Å². The molecule has 1 aliphatic rings. The van der Waals surface area contributed by atoms with Crippen molar-refractivity contribution in [2.75, 3.05) is 9.80 Å². The minimum Gasteiger partial charge on any atom is -0.317 e. The molecule has 3 nitrogen and oxygen atoms in total. The maximum atomic E-state index is 4.67. The Hall–Kier alpha value is -2.81. The average Bonchev–Trinajstić information content (AvgIpc) is 3.04. The molecule has 2 aromatic carbocycles. The molecular formula is C24H31N3. The molecule has 0 amide bonds. The van der Waals surface area contributed by atoms with E-state index >= 15 is 0 Å². The van der Waals surface area contributed by atoms with Gasteiger partial charge in [0, 0.05) is 17.6 Å². The van der Waals surface area contributed by atoms with Crippen molar-refractivity contribution in [3.63, 3.8) is 0 Å². The van der Waals surface area contributed by atoms with E-state index < -0.39 is 0 Å². The van der Waals surface area contributed by atoms with E-state index in [0.29, 0.717) is 0 Å². The molecule has 3 heteroatoms. The molecular weight excluding hydrogens is 330 g/mol. The van der Waals surface area contributed by atoms with Crippen molar-refractivity contribution in [2.45, 2.75) is 47.7 Å². The lowest BCUT2D eigenvalue weighted by Crippen LogP contribution is -2.35. The number of aromatic nitrogens is 1. The fourth-order valence-electron chi connectivity index (χ4n) is 3.35. The Balaban J connectivity index is 0.000000614. The number of hydrogen-bond acceptors (Lipinski definition) is 3. The van der Waals surface area contributed by atoms with Gasteiger partial charge in [0.15, 0.2) is 5.82 Å². The number of hydrogen-bond donors (Lipinski definition) is 0. The topological polar surface area (TPSA) is 19.4 Å². The van der Waals surface area contributed by atoms with Gasteiger partial charge in [-0.2, -0.15) is 0 Å². The third kappa shape index (κ3) is 3.97. The molecule has 0 saturated heterocycles. The minimum atomic E-state index is 0.170. The van der Waals surface area contributed by atoms with E-state index in [9.17, 15) is 0 Å². The van der Waals surface area contributed by atoms with Gasteiger partial charge in [-0.1, -0.05) is 64.1 Å². The van der Waals surface area contributed by atoms with Gasteiger partial charge < -0.3 is 9.80 Å². The zero-order chi connectivity index (χ0) is 19.8. The molecule has 0 saturated carbocycles. The highest BCUT2D eigenvalue weighted by Gasteiger charge is 2.36. The third-order valence-corrected chi connectivity index (χ3v) is 4.41. The zero-order valence-electron chi connectivity index (χ0n) is 17.3. The molecule has 3 aromatic rings. The predicted octanol–water partition coefficient (Wildman–Crippen LogP) is 7.08. The fraction of sp³-hybridized carbons (Fsp3) is 0.292. The summed E-state index contributed by atoms with van der Waals surface area (Å²) in [6.07, 6.45) is 2.04. The lowest BCUT2D eigenvalue weighted by molar-refractivity contribution is 0.755. The molecule has 0 aliphatic carbocycles. The second kappa shape index (κ2) is 9.77. The number of para-hydroxylation sites is 2. The van der Waals surface area contributed by atoms with Crippen molar-refractivity contribution in [1.82, 2.24) is 4.98 Å². The van der Waals surface area contributed by atoms with Gasteiger partial charge in [0.05, 0.1) is 5.69 Å². The predicted molar refractivity (Wildman–Crippen MR) is 118 cm³/mol. The van der Waals surface area contributed by atoms with E-state index in [-0.39, 0.29) is 6.17 Å². The van der Waals surface area contributed by atoms with Crippen LogP contribution in [0.1, 0.15) is 40.2 Å². The van der Waals surface area contributed by atoms with Crippen LogP contribution in [0.3, 0.4) is 0 Å². The van der Waals surface area contributed by atoms with Crippen molar-refractivity contribution < 1.29 is 0 Å². The molecule has 142 valence electrons. The number of aryl methyl sites for hydroxylation is 1.